The molecule has 1 nitrogen and oxygen atoms in total. The zero-order chi connectivity index (χ0) is 14.0. The highest BCUT2D eigenvalue weighted by atomic mass is 14.7. The molecule has 102 valence electrons. The standard InChI is InChI=1S/C20H17N/c21-20(15-6-7-15)17-11-9-14-5-4-12-2-1-3-13-8-10-16(17)19(14)18(12)13/h1-5,8-11,15,20H,6-7,21H2/t20-/m0/s1. The van der Waals surface area contributed by atoms with Crippen LogP contribution in [0.1, 0.15) is 24.4 Å². The van der Waals surface area contributed by atoms with Crippen LogP contribution in [0, 0.1) is 5.92 Å². The van der Waals surface area contributed by atoms with Crippen LogP contribution in [-0.2, 0) is 0 Å². The fourth-order valence-corrected chi connectivity index (χ4v) is 3.76. The number of rotatable bonds is 2. The maximum Gasteiger partial charge on any atom is 0.0329 e. The molecule has 0 spiro atoms. The maximum absolute atomic E-state index is 6.50. The minimum Gasteiger partial charge on any atom is -0.324 e. The van der Waals surface area contributed by atoms with Crippen LogP contribution in [0.2, 0.25) is 0 Å². The molecule has 1 aliphatic carbocycles. The fraction of sp³-hybridized carbons (Fsp3) is 0.200. The predicted molar refractivity (Wildman–Crippen MR) is 89.8 cm³/mol. The van der Waals surface area contributed by atoms with E-state index in [1.807, 2.05) is 0 Å². The van der Waals surface area contributed by atoms with Gasteiger partial charge in [0.05, 0.1) is 0 Å². The van der Waals surface area contributed by atoms with E-state index in [2.05, 4.69) is 54.6 Å². The lowest BCUT2D eigenvalue weighted by molar-refractivity contribution is 0.638. The van der Waals surface area contributed by atoms with Gasteiger partial charge < -0.3 is 5.73 Å². The van der Waals surface area contributed by atoms with Crippen molar-refractivity contribution in [1.82, 2.24) is 0 Å². The van der Waals surface area contributed by atoms with Crippen molar-refractivity contribution >= 4 is 32.3 Å². The first-order valence-corrected chi connectivity index (χ1v) is 7.75. The van der Waals surface area contributed by atoms with Crippen LogP contribution in [0.3, 0.4) is 0 Å². The molecule has 0 radical (unpaired) electrons. The molecule has 0 aromatic heterocycles. The summed E-state index contributed by atoms with van der Waals surface area (Å²) in [4.78, 5) is 0. The number of hydrogen-bond acceptors (Lipinski definition) is 1. The van der Waals surface area contributed by atoms with Crippen LogP contribution in [0.25, 0.3) is 32.3 Å². The Morgan fingerprint density at radius 1 is 0.762 bits per heavy atom. The van der Waals surface area contributed by atoms with Gasteiger partial charge >= 0.3 is 0 Å². The van der Waals surface area contributed by atoms with Crippen molar-refractivity contribution in [3.05, 3.63) is 60.2 Å². The topological polar surface area (TPSA) is 26.0 Å². The number of nitrogens with two attached hydrogens (primary N) is 1. The molecule has 0 unspecified atom stereocenters. The minimum absolute atomic E-state index is 0.189. The van der Waals surface area contributed by atoms with E-state index in [1.165, 1.54) is 50.7 Å². The van der Waals surface area contributed by atoms with E-state index >= 15 is 0 Å². The molecule has 0 saturated heterocycles. The van der Waals surface area contributed by atoms with Gasteiger partial charge in [0.25, 0.3) is 0 Å². The molecule has 0 bridgehead atoms. The molecular formula is C20H17N. The summed E-state index contributed by atoms with van der Waals surface area (Å²) >= 11 is 0. The second-order valence-electron chi connectivity index (χ2n) is 6.37. The Morgan fingerprint density at radius 3 is 2.10 bits per heavy atom. The van der Waals surface area contributed by atoms with E-state index in [0.29, 0.717) is 5.92 Å². The average molecular weight is 271 g/mol. The van der Waals surface area contributed by atoms with Gasteiger partial charge in [-0.3, -0.25) is 0 Å². The summed E-state index contributed by atoms with van der Waals surface area (Å²) in [6, 6.07) is 20.2. The SMILES string of the molecule is N[C@H](c1ccc2ccc3cccc4ccc1c2c34)C1CC1. The second-order valence-corrected chi connectivity index (χ2v) is 6.37. The van der Waals surface area contributed by atoms with Gasteiger partial charge in [-0.2, -0.15) is 0 Å². The van der Waals surface area contributed by atoms with Crippen LogP contribution in [0.4, 0.5) is 0 Å². The fourth-order valence-electron chi connectivity index (χ4n) is 3.76. The van der Waals surface area contributed by atoms with Crippen LogP contribution < -0.4 is 5.73 Å². The van der Waals surface area contributed by atoms with Gasteiger partial charge in [0.2, 0.25) is 0 Å². The molecule has 2 N–H and O–H groups in total. The third kappa shape index (κ3) is 1.55. The zero-order valence-corrected chi connectivity index (χ0v) is 11.8. The summed E-state index contributed by atoms with van der Waals surface area (Å²) in [5.41, 5.74) is 7.82. The van der Waals surface area contributed by atoms with Crippen molar-refractivity contribution < 1.29 is 0 Å². The van der Waals surface area contributed by atoms with Gasteiger partial charge in [-0.1, -0.05) is 54.6 Å². The van der Waals surface area contributed by atoms with Crippen LogP contribution in [0.15, 0.2) is 54.6 Å². The van der Waals surface area contributed by atoms with Crippen molar-refractivity contribution in [3.8, 4) is 0 Å². The maximum atomic E-state index is 6.50. The molecule has 1 saturated carbocycles. The molecule has 4 aromatic rings. The Kier molecular flexibility index (Phi) is 2.17. The van der Waals surface area contributed by atoms with E-state index in [4.69, 9.17) is 5.73 Å². The number of hydrogen-bond donors (Lipinski definition) is 1. The normalized spacial score (nSPS) is 17.0. The van der Waals surface area contributed by atoms with Crippen molar-refractivity contribution in [2.24, 2.45) is 11.7 Å². The monoisotopic (exact) mass is 271 g/mol. The molecule has 0 aliphatic heterocycles. The summed E-state index contributed by atoms with van der Waals surface area (Å²) < 4.78 is 0. The Balaban J connectivity index is 1.96. The van der Waals surface area contributed by atoms with Crippen molar-refractivity contribution in [2.75, 3.05) is 0 Å². The molecule has 1 atom stereocenters. The van der Waals surface area contributed by atoms with Crippen LogP contribution in [-0.4, -0.2) is 0 Å². The highest BCUT2D eigenvalue weighted by Crippen LogP contribution is 2.43. The summed E-state index contributed by atoms with van der Waals surface area (Å²) in [6.45, 7) is 0. The van der Waals surface area contributed by atoms with E-state index < -0.39 is 0 Å². The first kappa shape index (κ1) is 11.5. The van der Waals surface area contributed by atoms with Gasteiger partial charge in [-0.05, 0) is 56.6 Å². The Labute approximate surface area is 123 Å². The van der Waals surface area contributed by atoms with E-state index in [1.54, 1.807) is 0 Å². The van der Waals surface area contributed by atoms with E-state index in [-0.39, 0.29) is 6.04 Å². The smallest absolute Gasteiger partial charge is 0.0329 e. The largest absolute Gasteiger partial charge is 0.324 e. The van der Waals surface area contributed by atoms with Gasteiger partial charge in [-0.25, -0.2) is 0 Å². The lowest BCUT2D eigenvalue weighted by atomic mass is 9.89. The quantitative estimate of drug-likeness (QED) is 0.510. The third-order valence-electron chi connectivity index (χ3n) is 5.05. The first-order chi connectivity index (χ1) is 10.3. The van der Waals surface area contributed by atoms with Crippen molar-refractivity contribution in [3.63, 3.8) is 0 Å². The predicted octanol–water partition coefficient (Wildman–Crippen LogP) is 4.99. The molecule has 4 aromatic carbocycles. The highest BCUT2D eigenvalue weighted by molar-refractivity contribution is 6.23. The Bertz CT molecular complexity index is 950. The lowest BCUT2D eigenvalue weighted by Gasteiger charge is -2.17. The molecule has 0 heterocycles. The van der Waals surface area contributed by atoms with Crippen LogP contribution >= 0.6 is 0 Å². The van der Waals surface area contributed by atoms with E-state index in [9.17, 15) is 0 Å². The third-order valence-corrected chi connectivity index (χ3v) is 5.05. The minimum atomic E-state index is 0.189. The van der Waals surface area contributed by atoms with Crippen LogP contribution in [0.5, 0.6) is 0 Å². The van der Waals surface area contributed by atoms with E-state index in [0.717, 1.165) is 0 Å². The van der Waals surface area contributed by atoms with Gasteiger partial charge in [-0.15, -0.1) is 0 Å². The van der Waals surface area contributed by atoms with Gasteiger partial charge in [0.15, 0.2) is 0 Å². The molecule has 5 rings (SSSR count). The summed E-state index contributed by atoms with van der Waals surface area (Å²) in [5.74, 6) is 0.684. The summed E-state index contributed by atoms with van der Waals surface area (Å²) in [6.07, 6.45) is 2.56. The molecule has 1 fully saturated rings. The molecule has 21 heavy (non-hydrogen) atoms. The Hall–Kier alpha value is -2.12. The van der Waals surface area contributed by atoms with Crippen molar-refractivity contribution in [2.45, 2.75) is 18.9 Å². The highest BCUT2D eigenvalue weighted by Gasteiger charge is 2.30. The Morgan fingerprint density at radius 2 is 1.38 bits per heavy atom. The zero-order valence-electron chi connectivity index (χ0n) is 11.8. The van der Waals surface area contributed by atoms with Gasteiger partial charge in [0.1, 0.15) is 0 Å². The number of benzene rings is 4. The molecule has 0 amide bonds. The summed E-state index contributed by atoms with van der Waals surface area (Å²) in [5, 5.41) is 8.08. The average Bonchev–Trinajstić information content (AvgIpc) is 3.37. The van der Waals surface area contributed by atoms with Crippen molar-refractivity contribution in [1.29, 1.82) is 0 Å². The molecular weight excluding hydrogens is 254 g/mol. The molecule has 1 heteroatoms. The lowest BCUT2D eigenvalue weighted by Crippen LogP contribution is -2.12. The molecule has 1 aliphatic rings. The first-order valence-electron chi connectivity index (χ1n) is 7.75. The summed E-state index contributed by atoms with van der Waals surface area (Å²) in [7, 11) is 0. The van der Waals surface area contributed by atoms with Gasteiger partial charge in [0, 0.05) is 6.04 Å². The second kappa shape index (κ2) is 3.96.